The summed E-state index contributed by atoms with van der Waals surface area (Å²) in [6.45, 7) is 1.99. The molecule has 3 aromatic carbocycles. The zero-order chi connectivity index (χ0) is 19.9. The Morgan fingerprint density at radius 2 is 1.64 bits per heavy atom. The normalized spacial score (nSPS) is 14.1. The van der Waals surface area contributed by atoms with Crippen LogP contribution in [0, 0.1) is 0 Å². The zero-order valence-electron chi connectivity index (χ0n) is 15.0. The molecule has 0 spiro atoms. The molecule has 5 nitrogen and oxygen atoms in total. The Morgan fingerprint density at radius 1 is 0.893 bits per heavy atom. The lowest BCUT2D eigenvalue weighted by Gasteiger charge is -2.19. The van der Waals surface area contributed by atoms with Gasteiger partial charge < -0.3 is 4.74 Å². The van der Waals surface area contributed by atoms with E-state index >= 15 is 0 Å². The van der Waals surface area contributed by atoms with Crippen molar-refractivity contribution in [1.82, 2.24) is 0 Å². The molecule has 6 heteroatoms. The van der Waals surface area contributed by atoms with Gasteiger partial charge in [-0.2, -0.15) is 0 Å². The maximum absolute atomic E-state index is 13.0. The van der Waals surface area contributed by atoms with Crippen molar-refractivity contribution >= 4 is 21.6 Å². The van der Waals surface area contributed by atoms with E-state index in [4.69, 9.17) is 4.74 Å². The van der Waals surface area contributed by atoms with Gasteiger partial charge in [0.05, 0.1) is 15.4 Å². The van der Waals surface area contributed by atoms with Crippen molar-refractivity contribution in [2.45, 2.75) is 23.1 Å². The number of carbonyl (C=O) groups excluding carboxylic acids is 2. The first-order valence-electron chi connectivity index (χ1n) is 8.76. The van der Waals surface area contributed by atoms with Crippen LogP contribution in [0.15, 0.2) is 76.5 Å². The molecule has 0 atom stereocenters. The van der Waals surface area contributed by atoms with Crippen molar-refractivity contribution in [2.24, 2.45) is 0 Å². The molecule has 0 bridgehead atoms. The third-order valence-corrected chi connectivity index (χ3v) is 6.54. The fraction of sp³-hybridized carbons (Fsp3) is 0.0909. The summed E-state index contributed by atoms with van der Waals surface area (Å²) in [4.78, 5) is 25.0. The SMILES string of the molecule is CCc1cccc(OC(=O)c2ccc3c(c2)S(=O)(=O)c2ccccc2C3=O)c1. The second-order valence-electron chi connectivity index (χ2n) is 6.43. The molecule has 0 amide bonds. The minimum absolute atomic E-state index is 0.0475. The molecule has 1 heterocycles. The predicted molar refractivity (Wildman–Crippen MR) is 103 cm³/mol. The Hall–Kier alpha value is -3.25. The number of hydrogen-bond acceptors (Lipinski definition) is 5. The van der Waals surface area contributed by atoms with Crippen molar-refractivity contribution in [3.63, 3.8) is 0 Å². The van der Waals surface area contributed by atoms with Gasteiger partial charge in [-0.1, -0.05) is 31.2 Å². The molecule has 0 fully saturated rings. The smallest absolute Gasteiger partial charge is 0.343 e. The monoisotopic (exact) mass is 392 g/mol. The second kappa shape index (κ2) is 6.73. The summed E-state index contributed by atoms with van der Waals surface area (Å²) >= 11 is 0. The zero-order valence-corrected chi connectivity index (χ0v) is 15.8. The molecular weight excluding hydrogens is 376 g/mol. The van der Waals surface area contributed by atoms with E-state index in [1.807, 2.05) is 13.0 Å². The average Bonchev–Trinajstić information content (AvgIpc) is 2.72. The molecule has 28 heavy (non-hydrogen) atoms. The number of rotatable bonds is 3. The Bertz CT molecular complexity index is 1230. The highest BCUT2D eigenvalue weighted by atomic mass is 32.2. The third kappa shape index (κ3) is 2.92. The lowest BCUT2D eigenvalue weighted by atomic mass is 10.0. The van der Waals surface area contributed by atoms with E-state index < -0.39 is 15.8 Å². The predicted octanol–water partition coefficient (Wildman–Crippen LogP) is 3.85. The van der Waals surface area contributed by atoms with Crippen molar-refractivity contribution < 1.29 is 22.7 Å². The number of esters is 1. The minimum atomic E-state index is -3.90. The first-order chi connectivity index (χ1) is 13.4. The summed E-state index contributed by atoms with van der Waals surface area (Å²) < 4.78 is 31.3. The molecule has 0 N–H and O–H groups in total. The van der Waals surface area contributed by atoms with Crippen molar-refractivity contribution in [2.75, 3.05) is 0 Å². The van der Waals surface area contributed by atoms with Gasteiger partial charge in [0.2, 0.25) is 9.84 Å². The maximum atomic E-state index is 13.0. The molecule has 0 radical (unpaired) electrons. The number of benzene rings is 3. The highest BCUT2D eigenvalue weighted by molar-refractivity contribution is 7.91. The quantitative estimate of drug-likeness (QED) is 0.391. The van der Waals surface area contributed by atoms with E-state index in [0.717, 1.165) is 12.0 Å². The van der Waals surface area contributed by atoms with Crippen LogP contribution >= 0.6 is 0 Å². The first-order valence-corrected chi connectivity index (χ1v) is 10.2. The molecule has 0 saturated heterocycles. The van der Waals surface area contributed by atoms with Crippen molar-refractivity contribution in [3.8, 4) is 5.75 Å². The van der Waals surface area contributed by atoms with Gasteiger partial charge in [-0.25, -0.2) is 13.2 Å². The van der Waals surface area contributed by atoms with Crippen LogP contribution in [0.5, 0.6) is 5.75 Å². The maximum Gasteiger partial charge on any atom is 0.343 e. The van der Waals surface area contributed by atoms with Crippen LogP contribution < -0.4 is 4.74 Å². The Balaban J connectivity index is 1.74. The minimum Gasteiger partial charge on any atom is -0.423 e. The summed E-state index contributed by atoms with van der Waals surface area (Å²) in [5.74, 6) is -0.681. The largest absolute Gasteiger partial charge is 0.423 e. The van der Waals surface area contributed by atoms with Crippen molar-refractivity contribution in [1.29, 1.82) is 0 Å². The van der Waals surface area contributed by atoms with Crippen LogP contribution in [-0.2, 0) is 16.3 Å². The van der Waals surface area contributed by atoms with Crippen molar-refractivity contribution in [3.05, 3.63) is 89.0 Å². The average molecular weight is 392 g/mol. The molecule has 0 aliphatic carbocycles. The molecule has 4 rings (SSSR count). The molecule has 140 valence electrons. The van der Waals surface area contributed by atoms with Crippen LogP contribution in [0.2, 0.25) is 0 Å². The van der Waals surface area contributed by atoms with E-state index in [1.54, 1.807) is 30.3 Å². The standard InChI is InChI=1S/C22H16O5S/c1-2-14-6-5-7-16(12-14)27-22(24)15-10-11-18-20(13-15)28(25,26)19-9-4-3-8-17(19)21(18)23/h3-13H,2H2,1H3. The van der Waals surface area contributed by atoms with E-state index in [-0.39, 0.29) is 32.3 Å². The number of hydrogen-bond donors (Lipinski definition) is 0. The van der Waals surface area contributed by atoms with Crippen LogP contribution in [0.4, 0.5) is 0 Å². The molecule has 1 aliphatic rings. The fourth-order valence-electron chi connectivity index (χ4n) is 3.21. The van der Waals surface area contributed by atoms with E-state index in [9.17, 15) is 18.0 Å². The molecular formula is C22H16O5S. The Kier molecular flexibility index (Phi) is 4.35. The molecule has 0 aromatic heterocycles. The third-order valence-electron chi connectivity index (χ3n) is 4.69. The number of sulfone groups is 1. The van der Waals surface area contributed by atoms with E-state index in [2.05, 4.69) is 0 Å². The summed E-state index contributed by atoms with van der Waals surface area (Å²) in [5.41, 5.74) is 1.28. The Labute approximate surface area is 162 Å². The van der Waals surface area contributed by atoms with Gasteiger partial charge in [-0.05, 0) is 54.4 Å². The molecule has 3 aromatic rings. The molecule has 0 saturated carbocycles. The summed E-state index contributed by atoms with van der Waals surface area (Å²) in [5, 5.41) is 0. The van der Waals surface area contributed by atoms with E-state index in [1.165, 1.54) is 30.3 Å². The highest BCUT2D eigenvalue weighted by Gasteiger charge is 2.35. The fourth-order valence-corrected chi connectivity index (χ4v) is 4.88. The number of fused-ring (bicyclic) bond motifs is 2. The van der Waals surface area contributed by atoms with Crippen LogP contribution in [0.3, 0.4) is 0 Å². The van der Waals surface area contributed by atoms with Gasteiger partial charge in [-0.15, -0.1) is 0 Å². The number of ketones is 1. The highest BCUT2D eigenvalue weighted by Crippen LogP contribution is 2.34. The summed E-state index contributed by atoms with van der Waals surface area (Å²) in [6, 6.07) is 17.2. The number of carbonyl (C=O) groups is 2. The molecule has 1 aliphatic heterocycles. The molecule has 0 unspecified atom stereocenters. The summed E-state index contributed by atoms with van der Waals surface area (Å²) in [6.07, 6.45) is 0.796. The van der Waals surface area contributed by atoms with Crippen LogP contribution in [0.25, 0.3) is 0 Å². The lowest BCUT2D eigenvalue weighted by Crippen LogP contribution is -2.21. The number of ether oxygens (including phenoxy) is 1. The Morgan fingerprint density at radius 3 is 2.43 bits per heavy atom. The van der Waals surface area contributed by atoms with Gasteiger partial charge in [0.15, 0.2) is 5.78 Å². The van der Waals surface area contributed by atoms with Crippen LogP contribution in [-0.4, -0.2) is 20.2 Å². The van der Waals surface area contributed by atoms with Gasteiger partial charge in [0, 0.05) is 11.1 Å². The first kappa shape index (κ1) is 18.1. The van der Waals surface area contributed by atoms with Gasteiger partial charge in [-0.3, -0.25) is 4.79 Å². The van der Waals surface area contributed by atoms with Gasteiger partial charge >= 0.3 is 5.97 Å². The van der Waals surface area contributed by atoms with Gasteiger partial charge in [0.25, 0.3) is 0 Å². The lowest BCUT2D eigenvalue weighted by molar-refractivity contribution is 0.0734. The van der Waals surface area contributed by atoms with E-state index in [0.29, 0.717) is 5.75 Å². The summed E-state index contributed by atoms with van der Waals surface area (Å²) in [7, 11) is -3.90. The number of aryl methyl sites for hydroxylation is 1. The topological polar surface area (TPSA) is 77.5 Å². The van der Waals surface area contributed by atoms with Crippen LogP contribution in [0.1, 0.15) is 38.8 Å². The van der Waals surface area contributed by atoms with Gasteiger partial charge in [0.1, 0.15) is 5.75 Å². The second-order valence-corrected chi connectivity index (χ2v) is 8.32.